The Morgan fingerprint density at radius 3 is 2.60 bits per heavy atom. The Labute approximate surface area is 90.5 Å². The molecule has 2 rings (SSSR count). The average molecular weight is 203 g/mol. The number of Topliss-reactive ketones (excluding diaryl/α,β-unsaturated/α-hetero) is 1. The maximum absolute atomic E-state index is 11.8. The predicted octanol–water partition coefficient (Wildman–Crippen LogP) is 1.93. The molecule has 0 bridgehead atoms. The summed E-state index contributed by atoms with van der Waals surface area (Å²) in [6.45, 7) is 2.05. The molecule has 1 saturated carbocycles. The van der Waals surface area contributed by atoms with Gasteiger partial charge >= 0.3 is 0 Å². The second-order valence-electron chi connectivity index (χ2n) is 4.49. The normalized spacial score (nSPS) is 30.0. The van der Waals surface area contributed by atoms with Crippen LogP contribution >= 0.6 is 0 Å². The van der Waals surface area contributed by atoms with Gasteiger partial charge in [0, 0.05) is 5.92 Å². The molecule has 0 amide bonds. The smallest absolute Gasteiger partial charge is 0.156 e. The summed E-state index contributed by atoms with van der Waals surface area (Å²) in [6.07, 6.45) is 2.45. The minimum absolute atomic E-state index is 0.207. The van der Waals surface area contributed by atoms with Crippen LogP contribution in [0.15, 0.2) is 30.3 Å². The van der Waals surface area contributed by atoms with Crippen molar-refractivity contribution in [2.24, 2.45) is 11.7 Å². The van der Waals surface area contributed by atoms with Crippen molar-refractivity contribution in [3.8, 4) is 0 Å². The molecular weight excluding hydrogens is 186 g/mol. The Hall–Kier alpha value is -1.15. The van der Waals surface area contributed by atoms with Crippen molar-refractivity contribution in [1.29, 1.82) is 0 Å². The fourth-order valence-corrected chi connectivity index (χ4v) is 2.36. The average Bonchev–Trinajstić information content (AvgIpc) is 2.27. The molecule has 2 atom stereocenters. The summed E-state index contributed by atoms with van der Waals surface area (Å²) in [6, 6.07) is 10.0. The molecule has 2 N–H and O–H groups in total. The quantitative estimate of drug-likeness (QED) is 0.815. The molecule has 0 aromatic heterocycles. The molecule has 1 aromatic carbocycles. The number of carbonyl (C=O) groups is 1. The SMILES string of the molecule is CCC1C[C@@](N)(Cc2ccccc2)C1=O. The van der Waals surface area contributed by atoms with E-state index in [0.717, 1.165) is 18.4 Å². The van der Waals surface area contributed by atoms with Gasteiger partial charge in [-0.25, -0.2) is 0 Å². The van der Waals surface area contributed by atoms with Crippen LogP contribution in [0.5, 0.6) is 0 Å². The van der Waals surface area contributed by atoms with Gasteiger partial charge in [0.25, 0.3) is 0 Å². The second-order valence-corrected chi connectivity index (χ2v) is 4.49. The van der Waals surface area contributed by atoms with Crippen LogP contribution in [0.4, 0.5) is 0 Å². The van der Waals surface area contributed by atoms with E-state index >= 15 is 0 Å². The van der Waals surface area contributed by atoms with Crippen molar-refractivity contribution in [2.45, 2.75) is 31.7 Å². The molecule has 0 aliphatic heterocycles. The Balaban J connectivity index is 2.05. The van der Waals surface area contributed by atoms with E-state index < -0.39 is 5.54 Å². The van der Waals surface area contributed by atoms with Gasteiger partial charge in [0.2, 0.25) is 0 Å². The van der Waals surface area contributed by atoms with Crippen LogP contribution in [0.2, 0.25) is 0 Å². The minimum Gasteiger partial charge on any atom is -0.319 e. The third kappa shape index (κ3) is 1.82. The van der Waals surface area contributed by atoms with Crippen LogP contribution in [-0.4, -0.2) is 11.3 Å². The fourth-order valence-electron chi connectivity index (χ4n) is 2.36. The molecule has 1 aliphatic rings. The van der Waals surface area contributed by atoms with Crippen molar-refractivity contribution in [1.82, 2.24) is 0 Å². The fraction of sp³-hybridized carbons (Fsp3) is 0.462. The monoisotopic (exact) mass is 203 g/mol. The topological polar surface area (TPSA) is 43.1 Å². The number of hydrogen-bond donors (Lipinski definition) is 1. The first-order chi connectivity index (χ1) is 7.15. The molecule has 0 radical (unpaired) electrons. The zero-order chi connectivity index (χ0) is 10.9. The summed E-state index contributed by atoms with van der Waals surface area (Å²) >= 11 is 0. The standard InChI is InChI=1S/C13H17NO/c1-2-11-9-13(14,12(11)15)8-10-6-4-3-5-7-10/h3-7,11H,2,8-9,14H2,1H3/t11?,13-/m0/s1. The first kappa shape index (κ1) is 10.4. The number of hydrogen-bond acceptors (Lipinski definition) is 2. The maximum Gasteiger partial charge on any atom is 0.156 e. The van der Waals surface area contributed by atoms with Crippen molar-refractivity contribution in [3.05, 3.63) is 35.9 Å². The number of ketones is 1. The predicted molar refractivity (Wildman–Crippen MR) is 60.5 cm³/mol. The van der Waals surface area contributed by atoms with Gasteiger partial charge in [-0.05, 0) is 24.8 Å². The summed E-state index contributed by atoms with van der Waals surface area (Å²) in [4.78, 5) is 11.8. The van der Waals surface area contributed by atoms with Gasteiger partial charge in [-0.15, -0.1) is 0 Å². The highest BCUT2D eigenvalue weighted by molar-refractivity contribution is 5.96. The van der Waals surface area contributed by atoms with Crippen molar-refractivity contribution < 1.29 is 4.79 Å². The van der Waals surface area contributed by atoms with Crippen LogP contribution in [0.25, 0.3) is 0 Å². The molecule has 0 heterocycles. The Morgan fingerprint density at radius 1 is 1.40 bits per heavy atom. The zero-order valence-electron chi connectivity index (χ0n) is 9.07. The van der Waals surface area contributed by atoms with Gasteiger partial charge in [-0.1, -0.05) is 37.3 Å². The van der Waals surface area contributed by atoms with Crippen molar-refractivity contribution in [3.63, 3.8) is 0 Å². The zero-order valence-corrected chi connectivity index (χ0v) is 9.07. The molecule has 2 nitrogen and oxygen atoms in total. The molecule has 1 aliphatic carbocycles. The first-order valence-corrected chi connectivity index (χ1v) is 5.53. The minimum atomic E-state index is -0.581. The lowest BCUT2D eigenvalue weighted by Crippen LogP contribution is -2.62. The lowest BCUT2D eigenvalue weighted by atomic mass is 9.64. The number of rotatable bonds is 3. The van der Waals surface area contributed by atoms with Crippen molar-refractivity contribution >= 4 is 5.78 Å². The van der Waals surface area contributed by atoms with Crippen LogP contribution in [0.1, 0.15) is 25.3 Å². The van der Waals surface area contributed by atoms with E-state index in [0.29, 0.717) is 6.42 Å². The second kappa shape index (κ2) is 3.78. The number of nitrogens with two attached hydrogens (primary N) is 1. The molecular formula is C13H17NO. The summed E-state index contributed by atoms with van der Waals surface area (Å²) < 4.78 is 0. The van der Waals surface area contributed by atoms with Crippen molar-refractivity contribution in [2.75, 3.05) is 0 Å². The highest BCUT2D eigenvalue weighted by Gasteiger charge is 2.49. The van der Waals surface area contributed by atoms with E-state index in [9.17, 15) is 4.79 Å². The summed E-state index contributed by atoms with van der Waals surface area (Å²) in [5.74, 6) is 0.451. The third-order valence-electron chi connectivity index (χ3n) is 3.33. The van der Waals surface area contributed by atoms with E-state index in [1.807, 2.05) is 37.3 Å². The van der Waals surface area contributed by atoms with Gasteiger partial charge in [0.15, 0.2) is 5.78 Å². The Kier molecular flexibility index (Phi) is 2.61. The first-order valence-electron chi connectivity index (χ1n) is 5.53. The van der Waals surface area contributed by atoms with Gasteiger partial charge < -0.3 is 5.73 Å². The van der Waals surface area contributed by atoms with Gasteiger partial charge in [-0.3, -0.25) is 4.79 Å². The van der Waals surface area contributed by atoms with E-state index in [-0.39, 0.29) is 11.7 Å². The van der Waals surface area contributed by atoms with Gasteiger partial charge in [0.05, 0.1) is 5.54 Å². The Bertz CT molecular complexity index is 360. The third-order valence-corrected chi connectivity index (χ3v) is 3.33. The maximum atomic E-state index is 11.8. The molecule has 0 saturated heterocycles. The molecule has 0 spiro atoms. The van der Waals surface area contributed by atoms with E-state index in [2.05, 4.69) is 0 Å². The lowest BCUT2D eigenvalue weighted by Gasteiger charge is -2.42. The molecule has 15 heavy (non-hydrogen) atoms. The van der Waals surface area contributed by atoms with Gasteiger partial charge in [0.1, 0.15) is 0 Å². The van der Waals surface area contributed by atoms with Gasteiger partial charge in [-0.2, -0.15) is 0 Å². The largest absolute Gasteiger partial charge is 0.319 e. The highest BCUT2D eigenvalue weighted by atomic mass is 16.1. The van der Waals surface area contributed by atoms with Crippen LogP contribution in [0.3, 0.4) is 0 Å². The molecule has 80 valence electrons. The molecule has 1 fully saturated rings. The van der Waals surface area contributed by atoms with E-state index in [4.69, 9.17) is 5.73 Å². The summed E-state index contributed by atoms with van der Waals surface area (Å²) in [5.41, 5.74) is 6.67. The highest BCUT2D eigenvalue weighted by Crippen LogP contribution is 2.36. The van der Waals surface area contributed by atoms with E-state index in [1.165, 1.54) is 0 Å². The van der Waals surface area contributed by atoms with Crippen LogP contribution < -0.4 is 5.73 Å². The van der Waals surface area contributed by atoms with Crippen LogP contribution in [0, 0.1) is 5.92 Å². The molecule has 1 aromatic rings. The lowest BCUT2D eigenvalue weighted by molar-refractivity contribution is -0.138. The number of benzene rings is 1. The molecule has 2 heteroatoms. The van der Waals surface area contributed by atoms with Crippen LogP contribution in [-0.2, 0) is 11.2 Å². The number of carbonyl (C=O) groups excluding carboxylic acids is 1. The Morgan fingerprint density at radius 2 is 2.07 bits per heavy atom. The molecule has 1 unspecified atom stereocenters. The summed E-state index contributed by atoms with van der Waals surface area (Å²) in [5, 5.41) is 0. The summed E-state index contributed by atoms with van der Waals surface area (Å²) in [7, 11) is 0. The van der Waals surface area contributed by atoms with E-state index in [1.54, 1.807) is 0 Å².